The van der Waals surface area contributed by atoms with Gasteiger partial charge in [0.15, 0.2) is 0 Å². The van der Waals surface area contributed by atoms with Gasteiger partial charge in [-0.2, -0.15) is 5.10 Å². The predicted octanol–water partition coefficient (Wildman–Crippen LogP) is 3.59. The standard InChI is InChI=1S/C14H25ClN4/c1-10(2)19-14(12(15)9-17-19)13(18-16)8-11-6-4-3-5-7-11/h9-11,13,18H,3-8,16H2,1-2H3. The van der Waals surface area contributed by atoms with Crippen LogP contribution in [0.4, 0.5) is 0 Å². The van der Waals surface area contributed by atoms with Crippen molar-refractivity contribution in [1.82, 2.24) is 15.2 Å². The number of halogens is 1. The maximum Gasteiger partial charge on any atom is 0.0834 e. The number of rotatable bonds is 5. The van der Waals surface area contributed by atoms with E-state index in [2.05, 4.69) is 24.4 Å². The summed E-state index contributed by atoms with van der Waals surface area (Å²) < 4.78 is 1.98. The molecule has 0 spiro atoms. The van der Waals surface area contributed by atoms with E-state index in [0.29, 0.717) is 11.1 Å². The first kappa shape index (κ1) is 14.8. The molecule has 0 bridgehead atoms. The van der Waals surface area contributed by atoms with Gasteiger partial charge in [-0.1, -0.05) is 43.7 Å². The predicted molar refractivity (Wildman–Crippen MR) is 78.9 cm³/mol. The van der Waals surface area contributed by atoms with Gasteiger partial charge in [0, 0.05) is 6.04 Å². The Kier molecular flexibility index (Phi) is 5.25. The first-order valence-electron chi connectivity index (χ1n) is 7.32. The van der Waals surface area contributed by atoms with Crippen molar-refractivity contribution in [2.75, 3.05) is 0 Å². The van der Waals surface area contributed by atoms with Crippen LogP contribution in [0.5, 0.6) is 0 Å². The topological polar surface area (TPSA) is 55.9 Å². The zero-order chi connectivity index (χ0) is 13.8. The zero-order valence-corrected chi connectivity index (χ0v) is 12.7. The minimum absolute atomic E-state index is 0.0977. The number of nitrogens with zero attached hydrogens (tertiary/aromatic N) is 2. The van der Waals surface area contributed by atoms with Crippen LogP contribution in [0.25, 0.3) is 0 Å². The SMILES string of the molecule is CC(C)n1ncc(Cl)c1C(CC1CCCCC1)NN. The first-order chi connectivity index (χ1) is 9.13. The molecule has 0 aliphatic heterocycles. The van der Waals surface area contributed by atoms with E-state index in [9.17, 15) is 0 Å². The molecule has 108 valence electrons. The van der Waals surface area contributed by atoms with Crippen molar-refractivity contribution in [3.63, 3.8) is 0 Å². The molecule has 4 nitrogen and oxygen atoms in total. The number of nitrogens with one attached hydrogen (secondary N) is 1. The normalized spacial score (nSPS) is 19.0. The molecule has 1 unspecified atom stereocenters. The number of aromatic nitrogens is 2. The second-order valence-electron chi connectivity index (χ2n) is 5.88. The highest BCUT2D eigenvalue weighted by atomic mass is 35.5. The van der Waals surface area contributed by atoms with Gasteiger partial charge < -0.3 is 0 Å². The lowest BCUT2D eigenvalue weighted by molar-refractivity contribution is 0.292. The van der Waals surface area contributed by atoms with Gasteiger partial charge in [-0.3, -0.25) is 16.0 Å². The van der Waals surface area contributed by atoms with Crippen LogP contribution in [-0.2, 0) is 0 Å². The Bertz CT molecular complexity index is 396. The highest BCUT2D eigenvalue weighted by molar-refractivity contribution is 6.31. The largest absolute Gasteiger partial charge is 0.271 e. The lowest BCUT2D eigenvalue weighted by atomic mass is 9.84. The molecule has 1 saturated carbocycles. The van der Waals surface area contributed by atoms with Crippen LogP contribution in [-0.4, -0.2) is 9.78 Å². The van der Waals surface area contributed by atoms with Crippen molar-refractivity contribution < 1.29 is 0 Å². The Morgan fingerprint density at radius 2 is 2.11 bits per heavy atom. The first-order valence-corrected chi connectivity index (χ1v) is 7.70. The highest BCUT2D eigenvalue weighted by Crippen LogP contribution is 2.34. The molecule has 0 amide bonds. The maximum atomic E-state index is 6.30. The average molecular weight is 285 g/mol. The molecule has 5 heteroatoms. The molecule has 19 heavy (non-hydrogen) atoms. The van der Waals surface area contributed by atoms with Gasteiger partial charge in [-0.05, 0) is 26.2 Å². The van der Waals surface area contributed by atoms with Crippen LogP contribution in [0.2, 0.25) is 5.02 Å². The van der Waals surface area contributed by atoms with Gasteiger partial charge in [0.1, 0.15) is 0 Å². The second-order valence-corrected chi connectivity index (χ2v) is 6.28. The summed E-state index contributed by atoms with van der Waals surface area (Å²) >= 11 is 6.30. The van der Waals surface area contributed by atoms with Crippen molar-refractivity contribution in [2.45, 2.75) is 64.5 Å². The highest BCUT2D eigenvalue weighted by Gasteiger charge is 2.25. The molecule has 3 N–H and O–H groups in total. The van der Waals surface area contributed by atoms with Crippen molar-refractivity contribution in [3.8, 4) is 0 Å². The molecular weight excluding hydrogens is 260 g/mol. The molecule has 1 aliphatic rings. The fourth-order valence-electron chi connectivity index (χ4n) is 3.10. The lowest BCUT2D eigenvalue weighted by Gasteiger charge is -2.27. The van der Waals surface area contributed by atoms with E-state index >= 15 is 0 Å². The Morgan fingerprint density at radius 3 is 2.68 bits per heavy atom. The van der Waals surface area contributed by atoms with Gasteiger partial charge in [-0.25, -0.2) is 0 Å². The monoisotopic (exact) mass is 284 g/mol. The number of nitrogens with two attached hydrogens (primary N) is 1. The second kappa shape index (κ2) is 6.73. The van der Waals surface area contributed by atoms with E-state index in [0.717, 1.165) is 18.0 Å². The fourth-order valence-corrected chi connectivity index (χ4v) is 3.36. The van der Waals surface area contributed by atoms with E-state index < -0.39 is 0 Å². The summed E-state index contributed by atoms with van der Waals surface area (Å²) in [4.78, 5) is 0. The van der Waals surface area contributed by atoms with Crippen LogP contribution in [0, 0.1) is 5.92 Å². The fraction of sp³-hybridized carbons (Fsp3) is 0.786. The van der Waals surface area contributed by atoms with E-state index in [4.69, 9.17) is 17.4 Å². The Hall–Kier alpha value is -0.580. The summed E-state index contributed by atoms with van der Waals surface area (Å²) in [7, 11) is 0. The maximum absolute atomic E-state index is 6.30. The van der Waals surface area contributed by atoms with E-state index in [1.54, 1.807) is 6.20 Å². The number of hydrazine groups is 1. The van der Waals surface area contributed by atoms with E-state index in [1.807, 2.05) is 4.68 Å². The molecule has 0 aromatic carbocycles. The van der Waals surface area contributed by atoms with Crippen LogP contribution in [0.1, 0.15) is 70.2 Å². The van der Waals surface area contributed by atoms with Gasteiger partial charge in [-0.15, -0.1) is 0 Å². The van der Waals surface area contributed by atoms with Crippen molar-refractivity contribution in [1.29, 1.82) is 0 Å². The van der Waals surface area contributed by atoms with Crippen LogP contribution in [0.3, 0.4) is 0 Å². The molecule has 1 aromatic rings. The molecule has 1 fully saturated rings. The average Bonchev–Trinajstić information content (AvgIpc) is 2.79. The van der Waals surface area contributed by atoms with Crippen molar-refractivity contribution in [2.24, 2.45) is 11.8 Å². The molecule has 1 heterocycles. The number of hydrogen-bond acceptors (Lipinski definition) is 3. The van der Waals surface area contributed by atoms with Crippen molar-refractivity contribution >= 4 is 11.6 Å². The molecular formula is C14H25ClN4. The quantitative estimate of drug-likeness (QED) is 0.642. The van der Waals surface area contributed by atoms with E-state index in [-0.39, 0.29) is 6.04 Å². The van der Waals surface area contributed by atoms with Gasteiger partial charge in [0.25, 0.3) is 0 Å². The van der Waals surface area contributed by atoms with Crippen molar-refractivity contribution in [3.05, 3.63) is 16.9 Å². The van der Waals surface area contributed by atoms with Gasteiger partial charge >= 0.3 is 0 Å². The summed E-state index contributed by atoms with van der Waals surface area (Å²) in [5.74, 6) is 6.52. The number of hydrogen-bond donors (Lipinski definition) is 2. The zero-order valence-electron chi connectivity index (χ0n) is 11.9. The summed E-state index contributed by atoms with van der Waals surface area (Å²) in [6, 6.07) is 0.394. The third kappa shape index (κ3) is 3.50. The molecule has 1 aliphatic carbocycles. The Labute approximate surface area is 120 Å². The van der Waals surface area contributed by atoms with Crippen LogP contribution in [0.15, 0.2) is 6.20 Å². The summed E-state index contributed by atoms with van der Waals surface area (Å²) in [6.07, 6.45) is 9.47. The minimum atomic E-state index is 0.0977. The summed E-state index contributed by atoms with van der Waals surface area (Å²) in [5, 5.41) is 5.08. The summed E-state index contributed by atoms with van der Waals surface area (Å²) in [5.41, 5.74) is 3.97. The van der Waals surface area contributed by atoms with Gasteiger partial charge in [0.05, 0.1) is 23.0 Å². The molecule has 1 atom stereocenters. The Morgan fingerprint density at radius 1 is 1.42 bits per heavy atom. The van der Waals surface area contributed by atoms with Crippen LogP contribution < -0.4 is 11.3 Å². The van der Waals surface area contributed by atoms with Gasteiger partial charge in [0.2, 0.25) is 0 Å². The smallest absolute Gasteiger partial charge is 0.0834 e. The third-order valence-electron chi connectivity index (χ3n) is 4.10. The van der Waals surface area contributed by atoms with Crippen LogP contribution >= 0.6 is 11.6 Å². The van der Waals surface area contributed by atoms with E-state index in [1.165, 1.54) is 32.1 Å². The molecule has 2 rings (SSSR count). The minimum Gasteiger partial charge on any atom is -0.271 e. The third-order valence-corrected chi connectivity index (χ3v) is 4.39. The molecule has 0 radical (unpaired) electrons. The summed E-state index contributed by atoms with van der Waals surface area (Å²) in [6.45, 7) is 4.22. The lowest BCUT2D eigenvalue weighted by Crippen LogP contribution is -2.32. The molecule has 1 aromatic heterocycles. The Balaban J connectivity index is 2.14. The molecule has 0 saturated heterocycles.